The van der Waals surface area contributed by atoms with Crippen LogP contribution in [0.3, 0.4) is 0 Å². The largest absolute Gasteiger partial charge is 0.478 e. The molecule has 0 saturated carbocycles. The number of methoxy groups -OCH3 is 1. The molecule has 24 heavy (non-hydrogen) atoms. The average Bonchev–Trinajstić information content (AvgIpc) is 3.21. The monoisotopic (exact) mass is 326 g/mol. The predicted molar refractivity (Wildman–Crippen MR) is 83.2 cm³/mol. The standard InChI is InChI=1S/C18H14O6/c1-21-17(20)13-9-18(6-4-12(19)5-7-18)24-16(13)11-2-3-14-15(8-11)23-10-22-14/h2-8H,9-10H2,1H3. The molecule has 3 aliphatic rings. The Bertz CT molecular complexity index is 814. The Hall–Kier alpha value is -3.02. The number of ether oxygens (including phenoxy) is 4. The molecule has 1 aromatic rings. The summed E-state index contributed by atoms with van der Waals surface area (Å²) in [7, 11) is 1.33. The molecule has 0 radical (unpaired) electrons. The fourth-order valence-corrected chi connectivity index (χ4v) is 2.95. The summed E-state index contributed by atoms with van der Waals surface area (Å²) < 4.78 is 21.6. The van der Waals surface area contributed by atoms with Crippen LogP contribution in [0.4, 0.5) is 0 Å². The highest BCUT2D eigenvalue weighted by Crippen LogP contribution is 2.44. The number of benzene rings is 1. The molecule has 0 fully saturated rings. The van der Waals surface area contributed by atoms with E-state index in [0.29, 0.717) is 34.8 Å². The zero-order valence-electron chi connectivity index (χ0n) is 12.9. The molecule has 6 heteroatoms. The maximum Gasteiger partial charge on any atom is 0.337 e. The smallest absolute Gasteiger partial charge is 0.337 e. The molecule has 0 N–H and O–H groups in total. The maximum absolute atomic E-state index is 12.2. The number of esters is 1. The first-order chi connectivity index (χ1) is 11.6. The summed E-state index contributed by atoms with van der Waals surface area (Å²) >= 11 is 0. The van der Waals surface area contributed by atoms with Crippen LogP contribution >= 0.6 is 0 Å². The number of carbonyl (C=O) groups is 2. The minimum atomic E-state index is -0.844. The van der Waals surface area contributed by atoms with Gasteiger partial charge in [-0.3, -0.25) is 4.79 Å². The second kappa shape index (κ2) is 5.26. The second-order valence-corrected chi connectivity index (χ2v) is 5.67. The van der Waals surface area contributed by atoms with Crippen molar-refractivity contribution in [1.29, 1.82) is 0 Å². The summed E-state index contributed by atoms with van der Waals surface area (Å²) in [6.45, 7) is 0.167. The molecule has 0 bridgehead atoms. The lowest BCUT2D eigenvalue weighted by atomic mass is 9.91. The zero-order valence-corrected chi connectivity index (χ0v) is 12.9. The molecule has 0 atom stereocenters. The van der Waals surface area contributed by atoms with Crippen molar-refractivity contribution in [2.75, 3.05) is 13.9 Å². The Labute approximate surface area is 138 Å². The number of hydrogen-bond acceptors (Lipinski definition) is 6. The summed E-state index contributed by atoms with van der Waals surface area (Å²) in [6, 6.07) is 5.33. The Kier molecular flexibility index (Phi) is 3.19. The van der Waals surface area contributed by atoms with Crippen LogP contribution in [0.1, 0.15) is 12.0 Å². The van der Waals surface area contributed by atoms with E-state index in [0.717, 1.165) is 0 Å². The molecule has 0 unspecified atom stereocenters. The van der Waals surface area contributed by atoms with Gasteiger partial charge in [0.1, 0.15) is 5.76 Å². The lowest BCUT2D eigenvalue weighted by Crippen LogP contribution is -2.26. The summed E-state index contributed by atoms with van der Waals surface area (Å²) in [6.07, 6.45) is 6.51. The van der Waals surface area contributed by atoms with Crippen LogP contribution in [-0.2, 0) is 19.1 Å². The number of rotatable bonds is 2. The van der Waals surface area contributed by atoms with Gasteiger partial charge in [-0.25, -0.2) is 4.79 Å². The van der Waals surface area contributed by atoms with Crippen molar-refractivity contribution in [2.24, 2.45) is 0 Å². The number of carbonyl (C=O) groups excluding carboxylic acids is 2. The third-order valence-electron chi connectivity index (χ3n) is 4.15. The molecule has 4 rings (SSSR count). The van der Waals surface area contributed by atoms with E-state index < -0.39 is 11.6 Å². The van der Waals surface area contributed by atoms with E-state index in [9.17, 15) is 9.59 Å². The Balaban J connectivity index is 1.75. The van der Waals surface area contributed by atoms with Gasteiger partial charge in [-0.15, -0.1) is 0 Å². The molecule has 1 spiro atoms. The van der Waals surface area contributed by atoms with Gasteiger partial charge in [-0.05, 0) is 42.5 Å². The molecule has 2 aliphatic heterocycles. The van der Waals surface area contributed by atoms with Gasteiger partial charge in [0.2, 0.25) is 6.79 Å². The van der Waals surface area contributed by atoms with Gasteiger partial charge in [0.15, 0.2) is 22.9 Å². The van der Waals surface area contributed by atoms with Crippen molar-refractivity contribution in [3.8, 4) is 11.5 Å². The van der Waals surface area contributed by atoms with Crippen LogP contribution in [0, 0.1) is 0 Å². The van der Waals surface area contributed by atoms with Crippen LogP contribution in [0.5, 0.6) is 11.5 Å². The van der Waals surface area contributed by atoms with Crippen LogP contribution in [0.25, 0.3) is 5.76 Å². The van der Waals surface area contributed by atoms with Crippen molar-refractivity contribution >= 4 is 17.5 Å². The SMILES string of the molecule is COC(=O)C1=C(c2ccc3c(c2)OCO3)OC2(C=CC(=O)C=C2)C1. The van der Waals surface area contributed by atoms with Crippen molar-refractivity contribution < 1.29 is 28.5 Å². The fourth-order valence-electron chi connectivity index (χ4n) is 2.95. The highest BCUT2D eigenvalue weighted by Gasteiger charge is 2.42. The van der Waals surface area contributed by atoms with E-state index >= 15 is 0 Å². The molecule has 2 heterocycles. The number of hydrogen-bond donors (Lipinski definition) is 0. The summed E-state index contributed by atoms with van der Waals surface area (Å²) in [5.41, 5.74) is 0.263. The van der Waals surface area contributed by atoms with Gasteiger partial charge in [-0.1, -0.05) is 0 Å². The normalized spacial score (nSPS) is 19.8. The lowest BCUT2D eigenvalue weighted by molar-refractivity contribution is -0.136. The third kappa shape index (κ3) is 2.27. The first-order valence-corrected chi connectivity index (χ1v) is 7.43. The van der Waals surface area contributed by atoms with E-state index in [-0.39, 0.29) is 12.6 Å². The highest BCUT2D eigenvalue weighted by molar-refractivity contribution is 6.02. The first kappa shape index (κ1) is 14.6. The lowest BCUT2D eigenvalue weighted by Gasteiger charge is -2.24. The van der Waals surface area contributed by atoms with E-state index in [4.69, 9.17) is 18.9 Å². The molecule has 6 nitrogen and oxygen atoms in total. The van der Waals surface area contributed by atoms with Crippen molar-refractivity contribution in [3.05, 3.63) is 53.6 Å². The Morgan fingerprint density at radius 2 is 1.92 bits per heavy atom. The van der Waals surface area contributed by atoms with Crippen LogP contribution in [-0.4, -0.2) is 31.3 Å². The quantitative estimate of drug-likeness (QED) is 0.776. The summed E-state index contributed by atoms with van der Waals surface area (Å²) in [5, 5.41) is 0. The van der Waals surface area contributed by atoms with E-state index in [1.807, 2.05) is 0 Å². The third-order valence-corrected chi connectivity index (χ3v) is 4.15. The number of ketones is 1. The molecular formula is C18H14O6. The molecule has 122 valence electrons. The van der Waals surface area contributed by atoms with Gasteiger partial charge in [0.25, 0.3) is 0 Å². The van der Waals surface area contributed by atoms with Gasteiger partial charge in [-0.2, -0.15) is 0 Å². The van der Waals surface area contributed by atoms with Crippen molar-refractivity contribution in [2.45, 2.75) is 12.0 Å². The fraction of sp³-hybridized carbons (Fsp3) is 0.222. The van der Waals surface area contributed by atoms with Gasteiger partial charge in [0.05, 0.1) is 12.7 Å². The maximum atomic E-state index is 12.2. The minimum Gasteiger partial charge on any atom is -0.478 e. The molecule has 0 saturated heterocycles. The average molecular weight is 326 g/mol. The molecule has 1 aliphatic carbocycles. The van der Waals surface area contributed by atoms with Crippen LogP contribution < -0.4 is 9.47 Å². The molecule has 0 aromatic heterocycles. The highest BCUT2D eigenvalue weighted by atomic mass is 16.7. The van der Waals surface area contributed by atoms with Crippen molar-refractivity contribution in [1.82, 2.24) is 0 Å². The van der Waals surface area contributed by atoms with E-state index in [1.54, 1.807) is 30.4 Å². The number of fused-ring (bicyclic) bond motifs is 1. The molecule has 0 amide bonds. The summed E-state index contributed by atoms with van der Waals surface area (Å²) in [5.74, 6) is 1.09. The van der Waals surface area contributed by atoms with Crippen molar-refractivity contribution in [3.63, 3.8) is 0 Å². The molecule has 1 aromatic carbocycles. The summed E-state index contributed by atoms with van der Waals surface area (Å²) in [4.78, 5) is 23.6. The first-order valence-electron chi connectivity index (χ1n) is 7.43. The second-order valence-electron chi connectivity index (χ2n) is 5.67. The molecular weight excluding hydrogens is 312 g/mol. The predicted octanol–water partition coefficient (Wildman–Crippen LogP) is 2.15. The van der Waals surface area contributed by atoms with Crippen LogP contribution in [0.15, 0.2) is 48.1 Å². The van der Waals surface area contributed by atoms with Gasteiger partial charge in [0, 0.05) is 12.0 Å². The zero-order chi connectivity index (χ0) is 16.7. The van der Waals surface area contributed by atoms with Crippen LogP contribution in [0.2, 0.25) is 0 Å². The topological polar surface area (TPSA) is 71.1 Å². The van der Waals surface area contributed by atoms with Gasteiger partial charge >= 0.3 is 5.97 Å². The van der Waals surface area contributed by atoms with E-state index in [1.165, 1.54) is 19.3 Å². The Morgan fingerprint density at radius 3 is 2.67 bits per heavy atom. The number of allylic oxidation sites excluding steroid dienone is 2. The minimum absolute atomic E-state index is 0.111. The van der Waals surface area contributed by atoms with Gasteiger partial charge < -0.3 is 18.9 Å². The Morgan fingerprint density at radius 1 is 1.17 bits per heavy atom. The van der Waals surface area contributed by atoms with E-state index in [2.05, 4.69) is 0 Å².